The van der Waals surface area contributed by atoms with Crippen LogP contribution in [-0.2, 0) is 18.4 Å². The maximum absolute atomic E-state index is 12.5. The van der Waals surface area contributed by atoms with Gasteiger partial charge in [0.1, 0.15) is 12.4 Å². The Balaban J connectivity index is 1.19. The second-order valence-corrected chi connectivity index (χ2v) is 8.57. The fourth-order valence-electron chi connectivity index (χ4n) is 3.65. The van der Waals surface area contributed by atoms with Gasteiger partial charge in [0.05, 0.1) is 5.75 Å². The summed E-state index contributed by atoms with van der Waals surface area (Å²) in [4.78, 5) is 12.5. The van der Waals surface area contributed by atoms with Gasteiger partial charge >= 0.3 is 0 Å². The summed E-state index contributed by atoms with van der Waals surface area (Å²) >= 11 is 1.34. The first-order valence-corrected chi connectivity index (χ1v) is 11.6. The van der Waals surface area contributed by atoms with Gasteiger partial charge in [-0.2, -0.15) is 0 Å². The Labute approximate surface area is 195 Å². The molecule has 0 aliphatic rings. The van der Waals surface area contributed by atoms with Gasteiger partial charge in [-0.3, -0.25) is 4.79 Å². The minimum absolute atomic E-state index is 0.0909. The lowest BCUT2D eigenvalue weighted by Gasteiger charge is -2.09. The highest BCUT2D eigenvalue weighted by molar-refractivity contribution is 7.99. The van der Waals surface area contributed by atoms with Gasteiger partial charge in [0.25, 0.3) is 0 Å². The molecule has 0 saturated heterocycles. The fourth-order valence-corrected chi connectivity index (χ4v) is 4.38. The molecule has 0 atom stereocenters. The van der Waals surface area contributed by atoms with Crippen molar-refractivity contribution in [3.8, 4) is 5.75 Å². The summed E-state index contributed by atoms with van der Waals surface area (Å²) < 4.78 is 7.89. The summed E-state index contributed by atoms with van der Waals surface area (Å²) in [5.74, 6) is 1.65. The first-order chi connectivity index (χ1) is 16.2. The standard InChI is InChI=1S/C26H22N4O2S/c1-30-24(16-32-23-12-6-10-19-8-4-5-11-22(19)23)28-29-26(30)33-17-25(31)27-21-14-13-18-7-2-3-9-20(18)15-21/h2-15H,16-17H2,1H3,(H,27,31). The molecular weight excluding hydrogens is 432 g/mol. The van der Waals surface area contributed by atoms with Crippen LogP contribution in [-0.4, -0.2) is 26.4 Å². The number of anilines is 1. The number of carbonyl (C=O) groups excluding carboxylic acids is 1. The monoisotopic (exact) mass is 454 g/mol. The van der Waals surface area contributed by atoms with Crippen molar-refractivity contribution in [2.45, 2.75) is 11.8 Å². The average Bonchev–Trinajstić information content (AvgIpc) is 3.20. The van der Waals surface area contributed by atoms with Crippen LogP contribution >= 0.6 is 11.8 Å². The maximum Gasteiger partial charge on any atom is 0.234 e. The van der Waals surface area contributed by atoms with Gasteiger partial charge in [-0.25, -0.2) is 0 Å². The van der Waals surface area contributed by atoms with E-state index in [4.69, 9.17) is 4.74 Å². The third-order valence-electron chi connectivity index (χ3n) is 5.40. The molecule has 0 radical (unpaired) electrons. The Morgan fingerprint density at radius 2 is 1.67 bits per heavy atom. The predicted octanol–water partition coefficient (Wildman–Crippen LogP) is 5.43. The lowest BCUT2D eigenvalue weighted by molar-refractivity contribution is -0.113. The molecule has 0 bridgehead atoms. The van der Waals surface area contributed by atoms with Crippen molar-refractivity contribution >= 4 is 44.9 Å². The summed E-state index contributed by atoms with van der Waals surface area (Å²) in [5, 5.41) is 16.5. The summed E-state index contributed by atoms with van der Waals surface area (Å²) in [6, 6.07) is 28.0. The molecule has 7 heteroatoms. The lowest BCUT2D eigenvalue weighted by Crippen LogP contribution is -2.14. The number of fused-ring (bicyclic) bond motifs is 2. The molecule has 164 valence electrons. The van der Waals surface area contributed by atoms with Crippen molar-refractivity contribution in [3.05, 3.63) is 90.8 Å². The average molecular weight is 455 g/mol. The van der Waals surface area contributed by atoms with E-state index >= 15 is 0 Å². The number of amides is 1. The van der Waals surface area contributed by atoms with E-state index < -0.39 is 0 Å². The van der Waals surface area contributed by atoms with Gasteiger partial charge in [-0.1, -0.05) is 78.5 Å². The topological polar surface area (TPSA) is 69.0 Å². The van der Waals surface area contributed by atoms with Crippen LogP contribution in [0, 0.1) is 0 Å². The van der Waals surface area contributed by atoms with Crippen molar-refractivity contribution < 1.29 is 9.53 Å². The molecule has 1 amide bonds. The Morgan fingerprint density at radius 3 is 2.55 bits per heavy atom. The van der Waals surface area contributed by atoms with Gasteiger partial charge in [0.2, 0.25) is 5.91 Å². The van der Waals surface area contributed by atoms with Crippen LogP contribution in [0.15, 0.2) is 90.1 Å². The van der Waals surface area contributed by atoms with E-state index in [-0.39, 0.29) is 11.7 Å². The predicted molar refractivity (Wildman–Crippen MR) is 133 cm³/mol. The molecule has 0 fully saturated rings. The normalized spacial score (nSPS) is 11.1. The number of aromatic nitrogens is 3. The van der Waals surface area contributed by atoms with E-state index in [0.717, 1.165) is 33.0 Å². The Bertz CT molecular complexity index is 1440. The number of rotatable bonds is 7. The number of hydrogen-bond acceptors (Lipinski definition) is 5. The summed E-state index contributed by atoms with van der Waals surface area (Å²) in [7, 11) is 1.88. The summed E-state index contributed by atoms with van der Waals surface area (Å²) in [5.41, 5.74) is 0.779. The molecule has 5 aromatic rings. The van der Waals surface area contributed by atoms with Crippen molar-refractivity contribution in [1.82, 2.24) is 14.8 Å². The van der Waals surface area contributed by atoms with Crippen molar-refractivity contribution in [2.75, 3.05) is 11.1 Å². The molecule has 0 saturated carbocycles. The van der Waals surface area contributed by atoms with Crippen LogP contribution < -0.4 is 10.1 Å². The van der Waals surface area contributed by atoms with Crippen LogP contribution in [0.5, 0.6) is 5.75 Å². The van der Waals surface area contributed by atoms with E-state index in [1.54, 1.807) is 0 Å². The van der Waals surface area contributed by atoms with Gasteiger partial charge in [-0.05, 0) is 34.4 Å². The van der Waals surface area contributed by atoms with Crippen molar-refractivity contribution in [3.63, 3.8) is 0 Å². The largest absolute Gasteiger partial charge is 0.485 e. The van der Waals surface area contributed by atoms with Crippen molar-refractivity contribution in [2.24, 2.45) is 7.05 Å². The third-order valence-corrected chi connectivity index (χ3v) is 6.42. The van der Waals surface area contributed by atoms with Crippen LogP contribution in [0.4, 0.5) is 5.69 Å². The molecule has 6 nitrogen and oxygen atoms in total. The molecular formula is C26H22N4O2S. The highest BCUT2D eigenvalue weighted by atomic mass is 32.2. The number of hydrogen-bond donors (Lipinski definition) is 1. The highest BCUT2D eigenvalue weighted by Crippen LogP contribution is 2.26. The minimum atomic E-state index is -0.0909. The molecule has 4 aromatic carbocycles. The molecule has 0 aliphatic carbocycles. The van der Waals surface area contributed by atoms with E-state index in [0.29, 0.717) is 17.6 Å². The molecule has 5 rings (SSSR count). The Hall–Kier alpha value is -3.84. The second-order valence-electron chi connectivity index (χ2n) is 7.62. The quantitative estimate of drug-likeness (QED) is 0.332. The van der Waals surface area contributed by atoms with Crippen molar-refractivity contribution in [1.29, 1.82) is 0 Å². The van der Waals surface area contributed by atoms with Crippen LogP contribution in [0.1, 0.15) is 5.82 Å². The minimum Gasteiger partial charge on any atom is -0.485 e. The third kappa shape index (κ3) is 4.68. The lowest BCUT2D eigenvalue weighted by atomic mass is 10.1. The first-order valence-electron chi connectivity index (χ1n) is 10.6. The van der Waals surface area contributed by atoms with Crippen LogP contribution in [0.2, 0.25) is 0 Å². The molecule has 0 unspecified atom stereocenters. The van der Waals surface area contributed by atoms with Gasteiger partial charge < -0.3 is 14.6 Å². The number of ether oxygens (including phenoxy) is 1. The summed E-state index contributed by atoms with van der Waals surface area (Å²) in [6.07, 6.45) is 0. The van der Waals surface area contributed by atoms with E-state index in [9.17, 15) is 4.79 Å². The number of nitrogens with zero attached hydrogens (tertiary/aromatic N) is 3. The second kappa shape index (κ2) is 9.34. The first kappa shape index (κ1) is 21.0. The zero-order valence-electron chi connectivity index (χ0n) is 18.1. The SMILES string of the molecule is Cn1c(COc2cccc3ccccc23)nnc1SCC(=O)Nc1ccc2ccccc2c1. The smallest absolute Gasteiger partial charge is 0.234 e. The number of benzene rings is 4. The van der Waals surface area contributed by atoms with Gasteiger partial charge in [-0.15, -0.1) is 10.2 Å². The molecule has 0 spiro atoms. The van der Waals surface area contributed by atoms with Crippen LogP contribution in [0.3, 0.4) is 0 Å². The van der Waals surface area contributed by atoms with E-state index in [1.807, 2.05) is 84.4 Å². The van der Waals surface area contributed by atoms with E-state index in [1.165, 1.54) is 11.8 Å². The molecule has 1 heterocycles. The fraction of sp³-hybridized carbons (Fsp3) is 0.115. The van der Waals surface area contributed by atoms with Gasteiger partial charge in [0.15, 0.2) is 11.0 Å². The van der Waals surface area contributed by atoms with Crippen LogP contribution in [0.25, 0.3) is 21.5 Å². The Morgan fingerprint density at radius 1 is 0.909 bits per heavy atom. The zero-order chi connectivity index (χ0) is 22.6. The molecule has 1 aromatic heterocycles. The summed E-state index contributed by atoms with van der Waals surface area (Å²) in [6.45, 7) is 0.293. The zero-order valence-corrected chi connectivity index (χ0v) is 18.9. The highest BCUT2D eigenvalue weighted by Gasteiger charge is 2.13. The molecule has 0 aliphatic heterocycles. The Kier molecular flexibility index (Phi) is 5.95. The maximum atomic E-state index is 12.5. The number of nitrogens with one attached hydrogen (secondary N) is 1. The number of thioether (sulfide) groups is 1. The van der Waals surface area contributed by atoms with Gasteiger partial charge in [0, 0.05) is 18.1 Å². The molecule has 1 N–H and O–H groups in total. The number of carbonyl (C=O) groups is 1. The molecule has 33 heavy (non-hydrogen) atoms. The van der Waals surface area contributed by atoms with E-state index in [2.05, 4.69) is 27.6 Å².